The maximum atomic E-state index is 13.1. The van der Waals surface area contributed by atoms with Gasteiger partial charge in [-0.3, -0.25) is 15.0 Å². The Hall–Kier alpha value is -4.26. The van der Waals surface area contributed by atoms with Gasteiger partial charge in [-0.05, 0) is 42.8 Å². The summed E-state index contributed by atoms with van der Waals surface area (Å²) in [5.41, 5.74) is -2.73. The third kappa shape index (κ3) is 7.23. The Morgan fingerprint density at radius 1 is 0.800 bits per heavy atom. The minimum absolute atomic E-state index is 0.0392. The van der Waals surface area contributed by atoms with E-state index in [1.165, 1.54) is 61.2 Å². The first-order chi connectivity index (χ1) is 19.3. The molecule has 0 saturated heterocycles. The first-order valence-electron chi connectivity index (χ1n) is 12.7. The molecule has 0 fully saturated rings. The Labute approximate surface area is 230 Å². The van der Waals surface area contributed by atoms with Gasteiger partial charge < -0.3 is 29.5 Å². The smallest absolute Gasteiger partial charge is 0.388 e. The molecule has 212 valence electrons. The van der Waals surface area contributed by atoms with E-state index in [0.29, 0.717) is 6.42 Å². The topological polar surface area (TPSA) is 178 Å². The number of nitrogens with zero attached hydrogens (tertiary/aromatic N) is 3. The number of unbranched alkanes of at least 4 members (excludes halogenated alkanes) is 3. The van der Waals surface area contributed by atoms with Crippen molar-refractivity contribution in [3.05, 3.63) is 90.3 Å². The molecule has 40 heavy (non-hydrogen) atoms. The molecule has 0 aliphatic carbocycles. The zero-order chi connectivity index (χ0) is 29.0. The number of carbonyl (C=O) groups excluding carboxylic acids is 3. The van der Waals surface area contributed by atoms with Crippen LogP contribution in [0, 0.1) is 5.41 Å². The van der Waals surface area contributed by atoms with Crippen molar-refractivity contribution in [3.63, 3.8) is 0 Å². The van der Waals surface area contributed by atoms with Crippen LogP contribution in [0.15, 0.2) is 73.6 Å². The van der Waals surface area contributed by atoms with E-state index in [9.17, 15) is 29.7 Å². The van der Waals surface area contributed by atoms with Crippen LogP contribution in [0.2, 0.25) is 0 Å². The van der Waals surface area contributed by atoms with E-state index in [2.05, 4.69) is 15.0 Å². The van der Waals surface area contributed by atoms with E-state index in [-0.39, 0.29) is 29.5 Å². The molecule has 0 amide bonds. The van der Waals surface area contributed by atoms with Gasteiger partial charge in [0.1, 0.15) is 0 Å². The Bertz CT molecular complexity index is 1190. The number of carbonyl (C=O) groups is 3. The van der Waals surface area contributed by atoms with Gasteiger partial charge in [0, 0.05) is 37.2 Å². The number of aromatic nitrogens is 3. The van der Waals surface area contributed by atoms with Crippen LogP contribution in [0.1, 0.15) is 70.1 Å². The average Bonchev–Trinajstić information content (AvgIpc) is 2.98. The average molecular weight is 554 g/mol. The van der Waals surface area contributed by atoms with E-state index in [1.807, 2.05) is 6.92 Å². The molecular formula is C28H31N3O9. The number of aliphatic hydroxyl groups excluding tert-OH is 2. The second-order valence-corrected chi connectivity index (χ2v) is 8.97. The summed E-state index contributed by atoms with van der Waals surface area (Å²) in [6.07, 6.45) is 7.52. The van der Waals surface area contributed by atoms with Crippen LogP contribution in [0.4, 0.5) is 0 Å². The van der Waals surface area contributed by atoms with Crippen molar-refractivity contribution in [1.82, 2.24) is 15.0 Å². The predicted octanol–water partition coefficient (Wildman–Crippen LogP) is 2.66. The van der Waals surface area contributed by atoms with Crippen molar-refractivity contribution in [2.24, 2.45) is 5.41 Å². The van der Waals surface area contributed by atoms with Crippen molar-refractivity contribution >= 4 is 17.9 Å². The highest BCUT2D eigenvalue weighted by Gasteiger charge is 2.63. The van der Waals surface area contributed by atoms with Crippen LogP contribution in [-0.2, 0) is 14.2 Å². The fourth-order valence-electron chi connectivity index (χ4n) is 3.89. The van der Waals surface area contributed by atoms with E-state index >= 15 is 0 Å². The van der Waals surface area contributed by atoms with Gasteiger partial charge in [-0.1, -0.05) is 32.6 Å². The Morgan fingerprint density at radius 2 is 1.27 bits per heavy atom. The SMILES string of the molecule is CCCCCCC(CO)(C(O)OC(=O)c1cccnc1)C(O)(OC(=O)c1cccnc1)OC(=O)c1cccnc1. The van der Waals surface area contributed by atoms with E-state index in [0.717, 1.165) is 25.2 Å². The molecule has 0 aromatic carbocycles. The molecule has 3 rings (SSSR count). The molecule has 3 aromatic rings. The Morgan fingerprint density at radius 3 is 1.68 bits per heavy atom. The quantitative estimate of drug-likeness (QED) is 0.151. The highest BCUT2D eigenvalue weighted by Crippen LogP contribution is 2.44. The summed E-state index contributed by atoms with van der Waals surface area (Å²) in [4.78, 5) is 50.4. The fourth-order valence-corrected chi connectivity index (χ4v) is 3.89. The lowest BCUT2D eigenvalue weighted by Gasteiger charge is -2.44. The van der Waals surface area contributed by atoms with Gasteiger partial charge in [0.25, 0.3) is 0 Å². The molecule has 2 atom stereocenters. The summed E-state index contributed by atoms with van der Waals surface area (Å²) >= 11 is 0. The summed E-state index contributed by atoms with van der Waals surface area (Å²) in [7, 11) is 0. The predicted molar refractivity (Wildman–Crippen MR) is 138 cm³/mol. The molecule has 0 bridgehead atoms. The molecule has 0 spiro atoms. The fraction of sp³-hybridized carbons (Fsp3) is 0.357. The van der Waals surface area contributed by atoms with E-state index in [4.69, 9.17) is 14.2 Å². The van der Waals surface area contributed by atoms with Crippen molar-refractivity contribution in [2.75, 3.05) is 6.61 Å². The molecule has 3 heterocycles. The highest BCUT2D eigenvalue weighted by molar-refractivity contribution is 5.91. The molecule has 3 N–H and O–H groups in total. The van der Waals surface area contributed by atoms with Crippen LogP contribution >= 0.6 is 0 Å². The maximum Gasteiger partial charge on any atom is 0.388 e. The standard InChI is InChI=1S/C28H31N3O9/c1-2-3-4-5-12-27(19-32,26(36)38-23(33)20-9-6-13-29-16-20)28(37,39-24(34)21-10-7-14-30-17-21)40-25(35)22-11-8-15-31-18-22/h6-11,13-18,26,32,36-37H,2-5,12,19H2,1H3. The number of hydrogen-bond acceptors (Lipinski definition) is 12. The van der Waals surface area contributed by atoms with Crippen LogP contribution in [-0.4, -0.2) is 67.0 Å². The van der Waals surface area contributed by atoms with Crippen LogP contribution in [0.5, 0.6) is 0 Å². The van der Waals surface area contributed by atoms with Crippen molar-refractivity contribution in [3.8, 4) is 0 Å². The number of ether oxygens (including phenoxy) is 3. The zero-order valence-electron chi connectivity index (χ0n) is 21.9. The minimum Gasteiger partial charge on any atom is -0.431 e. The lowest BCUT2D eigenvalue weighted by molar-refractivity contribution is -0.403. The van der Waals surface area contributed by atoms with Gasteiger partial charge in [0.05, 0.1) is 23.3 Å². The Kier molecular flexibility index (Phi) is 10.8. The minimum atomic E-state index is -3.33. The summed E-state index contributed by atoms with van der Waals surface area (Å²) in [6.45, 7) is 0.837. The molecule has 0 radical (unpaired) electrons. The number of esters is 3. The van der Waals surface area contributed by atoms with Crippen molar-refractivity contribution in [1.29, 1.82) is 0 Å². The lowest BCUT2D eigenvalue weighted by Crippen LogP contribution is -2.62. The largest absolute Gasteiger partial charge is 0.431 e. The molecule has 12 nitrogen and oxygen atoms in total. The first-order valence-corrected chi connectivity index (χ1v) is 12.7. The lowest BCUT2D eigenvalue weighted by atomic mass is 9.79. The summed E-state index contributed by atoms with van der Waals surface area (Å²) in [5, 5.41) is 33.8. The van der Waals surface area contributed by atoms with E-state index < -0.39 is 42.2 Å². The molecule has 0 aliphatic rings. The molecular weight excluding hydrogens is 522 g/mol. The summed E-state index contributed by atoms with van der Waals surface area (Å²) < 4.78 is 15.9. The Balaban J connectivity index is 2.06. The monoisotopic (exact) mass is 553 g/mol. The summed E-state index contributed by atoms with van der Waals surface area (Å²) in [6, 6.07) is 8.38. The molecule has 2 unspecified atom stereocenters. The number of aliphatic hydroxyl groups is 3. The van der Waals surface area contributed by atoms with Crippen LogP contribution in [0.3, 0.4) is 0 Å². The third-order valence-corrected chi connectivity index (χ3v) is 6.23. The second kappa shape index (κ2) is 14.2. The molecule has 12 heteroatoms. The zero-order valence-corrected chi connectivity index (χ0v) is 21.9. The number of hydrogen-bond donors (Lipinski definition) is 3. The maximum absolute atomic E-state index is 13.1. The molecule has 0 saturated carbocycles. The van der Waals surface area contributed by atoms with Gasteiger partial charge in [-0.25, -0.2) is 14.4 Å². The van der Waals surface area contributed by atoms with Crippen molar-refractivity contribution in [2.45, 2.75) is 51.3 Å². The normalized spacial score (nSPS) is 13.5. The van der Waals surface area contributed by atoms with Crippen molar-refractivity contribution < 1.29 is 43.9 Å². The molecule has 0 aliphatic heterocycles. The van der Waals surface area contributed by atoms with Gasteiger partial charge in [0.15, 0.2) is 5.41 Å². The van der Waals surface area contributed by atoms with Gasteiger partial charge in [-0.15, -0.1) is 0 Å². The van der Waals surface area contributed by atoms with Crippen LogP contribution in [0.25, 0.3) is 0 Å². The van der Waals surface area contributed by atoms with Gasteiger partial charge in [0.2, 0.25) is 6.29 Å². The van der Waals surface area contributed by atoms with Crippen LogP contribution < -0.4 is 0 Å². The highest BCUT2D eigenvalue weighted by atomic mass is 16.8. The number of rotatable bonds is 14. The third-order valence-electron chi connectivity index (χ3n) is 6.23. The van der Waals surface area contributed by atoms with E-state index in [1.54, 1.807) is 0 Å². The summed E-state index contributed by atoms with van der Waals surface area (Å²) in [5.74, 6) is -6.76. The molecule has 3 aromatic heterocycles. The van der Waals surface area contributed by atoms with Gasteiger partial charge >= 0.3 is 23.9 Å². The second-order valence-electron chi connectivity index (χ2n) is 8.97. The van der Waals surface area contributed by atoms with Gasteiger partial charge in [-0.2, -0.15) is 0 Å². The first kappa shape index (κ1) is 30.3. The number of pyridine rings is 3.